The first-order valence-electron chi connectivity index (χ1n) is 5.29. The fourth-order valence-electron chi connectivity index (χ4n) is 2.31. The number of likely N-dealkylation sites (tertiary alicyclic amines) is 1. The second kappa shape index (κ2) is 4.28. The van der Waals surface area contributed by atoms with Crippen molar-refractivity contribution in [3.8, 4) is 6.07 Å². The first-order valence-corrected chi connectivity index (χ1v) is 5.93. The van der Waals surface area contributed by atoms with Gasteiger partial charge in [-0.15, -0.1) is 0 Å². The van der Waals surface area contributed by atoms with Crippen molar-refractivity contribution in [1.82, 2.24) is 4.90 Å². The number of nitrogens with zero attached hydrogens (tertiary/aromatic N) is 2. The number of nitriles is 1. The van der Waals surface area contributed by atoms with Crippen LogP contribution in [0, 0.1) is 17.2 Å². The molecule has 1 heterocycles. The molecule has 1 amide bonds. The normalized spacial score (nSPS) is 26.3. The summed E-state index contributed by atoms with van der Waals surface area (Å²) < 4.78 is 0. The Bertz CT molecular complexity index is 356. The van der Waals surface area contributed by atoms with Crippen LogP contribution in [-0.2, 0) is 4.79 Å². The van der Waals surface area contributed by atoms with Gasteiger partial charge in [0.1, 0.15) is 0 Å². The van der Waals surface area contributed by atoms with Crippen molar-refractivity contribution >= 4 is 18.5 Å². The number of carbonyl (C=O) groups excluding carboxylic acids is 1. The van der Waals surface area contributed by atoms with Gasteiger partial charge in [-0.25, -0.2) is 0 Å². The Morgan fingerprint density at radius 3 is 2.93 bits per heavy atom. The molecule has 80 valence electrons. The minimum Gasteiger partial charge on any atom is -0.315 e. The van der Waals surface area contributed by atoms with Gasteiger partial charge in [-0.1, -0.05) is 0 Å². The molecule has 1 aliphatic carbocycles. The molecule has 1 aliphatic heterocycles. The Hall–Kier alpha value is -0.950. The van der Waals surface area contributed by atoms with Crippen molar-refractivity contribution in [3.63, 3.8) is 0 Å². The molecule has 0 aromatic heterocycles. The van der Waals surface area contributed by atoms with E-state index in [-0.39, 0.29) is 5.91 Å². The summed E-state index contributed by atoms with van der Waals surface area (Å²) in [6.45, 7) is 0.753. The summed E-state index contributed by atoms with van der Waals surface area (Å²) in [7, 11) is 0. The molecule has 4 heteroatoms. The van der Waals surface area contributed by atoms with Gasteiger partial charge in [0, 0.05) is 24.2 Å². The van der Waals surface area contributed by atoms with Gasteiger partial charge in [0.25, 0.3) is 0 Å². The monoisotopic (exact) mass is 222 g/mol. The maximum absolute atomic E-state index is 11.7. The number of allylic oxidation sites excluding steroid dienone is 2. The molecular formula is C11H14N2OS. The first-order chi connectivity index (χ1) is 7.26. The fraction of sp³-hybridized carbons (Fsp3) is 0.636. The van der Waals surface area contributed by atoms with Gasteiger partial charge in [0.15, 0.2) is 0 Å². The summed E-state index contributed by atoms with van der Waals surface area (Å²) in [4.78, 5) is 13.6. The highest BCUT2D eigenvalue weighted by Gasteiger charge is 2.33. The zero-order valence-corrected chi connectivity index (χ0v) is 9.46. The summed E-state index contributed by atoms with van der Waals surface area (Å²) in [5, 5.41) is 8.95. The minimum atomic E-state index is 0.165. The van der Waals surface area contributed by atoms with Gasteiger partial charge in [-0.3, -0.25) is 4.79 Å². The topological polar surface area (TPSA) is 44.1 Å². The summed E-state index contributed by atoms with van der Waals surface area (Å²) in [5.41, 5.74) is 1.79. The van der Waals surface area contributed by atoms with E-state index < -0.39 is 0 Å². The molecule has 15 heavy (non-hydrogen) atoms. The summed E-state index contributed by atoms with van der Waals surface area (Å²) in [5.74, 6) is 1.27. The van der Waals surface area contributed by atoms with E-state index in [1.807, 2.05) is 4.90 Å². The number of amides is 1. The average molecular weight is 222 g/mol. The molecule has 0 bridgehead atoms. The molecule has 0 saturated carbocycles. The quantitative estimate of drug-likeness (QED) is 0.723. The lowest BCUT2D eigenvalue weighted by Gasteiger charge is -2.18. The van der Waals surface area contributed by atoms with Gasteiger partial charge >= 0.3 is 0 Å². The smallest absolute Gasteiger partial charge is 0.227 e. The second-order valence-corrected chi connectivity index (χ2v) is 4.51. The number of carbonyl (C=O) groups is 1. The molecule has 1 unspecified atom stereocenters. The van der Waals surface area contributed by atoms with Crippen LogP contribution in [0.1, 0.15) is 25.7 Å². The summed E-state index contributed by atoms with van der Waals surface area (Å²) in [6.07, 6.45) is 3.31. The van der Waals surface area contributed by atoms with E-state index in [2.05, 4.69) is 18.7 Å². The third-order valence-corrected chi connectivity index (χ3v) is 3.63. The molecule has 0 spiro atoms. The Balaban J connectivity index is 2.18. The van der Waals surface area contributed by atoms with Crippen LogP contribution in [-0.4, -0.2) is 23.1 Å². The Labute approximate surface area is 95.2 Å². The van der Waals surface area contributed by atoms with Gasteiger partial charge in [-0.05, 0) is 30.9 Å². The minimum absolute atomic E-state index is 0.165. The van der Waals surface area contributed by atoms with Crippen molar-refractivity contribution in [2.75, 3.05) is 12.3 Å². The number of thiol groups is 1. The van der Waals surface area contributed by atoms with E-state index in [0.717, 1.165) is 42.8 Å². The molecule has 0 N–H and O–H groups in total. The highest BCUT2D eigenvalue weighted by molar-refractivity contribution is 7.80. The number of rotatable bonds is 2. The van der Waals surface area contributed by atoms with E-state index in [0.29, 0.717) is 12.3 Å². The van der Waals surface area contributed by atoms with Crippen LogP contribution in [0.4, 0.5) is 0 Å². The highest BCUT2D eigenvalue weighted by Crippen LogP contribution is 2.32. The third-order valence-electron chi connectivity index (χ3n) is 3.11. The molecule has 1 saturated heterocycles. The van der Waals surface area contributed by atoms with Crippen molar-refractivity contribution in [2.45, 2.75) is 25.7 Å². The first kappa shape index (κ1) is 10.6. The lowest BCUT2D eigenvalue weighted by molar-refractivity contribution is -0.126. The average Bonchev–Trinajstić information content (AvgIpc) is 2.82. The van der Waals surface area contributed by atoms with Crippen LogP contribution in [0.2, 0.25) is 0 Å². The zero-order chi connectivity index (χ0) is 10.8. The van der Waals surface area contributed by atoms with Gasteiger partial charge in [0.2, 0.25) is 5.91 Å². The van der Waals surface area contributed by atoms with Crippen LogP contribution in [0.15, 0.2) is 11.3 Å². The molecular weight excluding hydrogens is 208 g/mol. The maximum Gasteiger partial charge on any atom is 0.227 e. The van der Waals surface area contributed by atoms with E-state index >= 15 is 0 Å². The van der Waals surface area contributed by atoms with Gasteiger partial charge in [0.05, 0.1) is 6.07 Å². The standard InChI is InChI=1S/C11H14N2OS/c12-5-9-2-1-3-10(9)13-6-8(7-15)4-11(13)14/h8,15H,1-4,6-7H2. The SMILES string of the molecule is N#CC1=C(N2CC(CS)CC2=O)CCC1. The Kier molecular flexibility index (Phi) is 3.01. The maximum atomic E-state index is 11.7. The predicted molar refractivity (Wildman–Crippen MR) is 60.2 cm³/mol. The highest BCUT2D eigenvalue weighted by atomic mass is 32.1. The van der Waals surface area contributed by atoms with Crippen LogP contribution in [0.25, 0.3) is 0 Å². The lowest BCUT2D eigenvalue weighted by atomic mass is 10.1. The van der Waals surface area contributed by atoms with Crippen molar-refractivity contribution < 1.29 is 4.79 Å². The largest absolute Gasteiger partial charge is 0.315 e. The number of hydrogen-bond donors (Lipinski definition) is 1. The van der Waals surface area contributed by atoms with Gasteiger partial charge in [-0.2, -0.15) is 17.9 Å². The third kappa shape index (κ3) is 1.89. The predicted octanol–water partition coefficient (Wildman–Crippen LogP) is 1.73. The van der Waals surface area contributed by atoms with Crippen LogP contribution < -0.4 is 0 Å². The molecule has 3 nitrogen and oxygen atoms in total. The Morgan fingerprint density at radius 2 is 2.33 bits per heavy atom. The molecule has 0 radical (unpaired) electrons. The number of hydrogen-bond acceptors (Lipinski definition) is 3. The van der Waals surface area contributed by atoms with Crippen LogP contribution >= 0.6 is 12.6 Å². The van der Waals surface area contributed by atoms with Crippen molar-refractivity contribution in [3.05, 3.63) is 11.3 Å². The van der Waals surface area contributed by atoms with Crippen LogP contribution in [0.5, 0.6) is 0 Å². The van der Waals surface area contributed by atoms with Crippen molar-refractivity contribution in [1.29, 1.82) is 5.26 Å². The van der Waals surface area contributed by atoms with Crippen LogP contribution in [0.3, 0.4) is 0 Å². The van der Waals surface area contributed by atoms with E-state index in [4.69, 9.17) is 5.26 Å². The summed E-state index contributed by atoms with van der Waals surface area (Å²) in [6, 6.07) is 2.21. The van der Waals surface area contributed by atoms with E-state index in [1.165, 1.54) is 0 Å². The van der Waals surface area contributed by atoms with Gasteiger partial charge < -0.3 is 4.90 Å². The molecule has 0 aromatic carbocycles. The molecule has 2 aliphatic rings. The molecule has 0 aromatic rings. The molecule has 2 rings (SSSR count). The zero-order valence-electron chi connectivity index (χ0n) is 8.57. The fourth-order valence-corrected chi connectivity index (χ4v) is 2.56. The Morgan fingerprint density at radius 1 is 1.53 bits per heavy atom. The van der Waals surface area contributed by atoms with E-state index in [9.17, 15) is 4.79 Å². The second-order valence-electron chi connectivity index (χ2n) is 4.15. The molecule has 1 atom stereocenters. The lowest BCUT2D eigenvalue weighted by Crippen LogP contribution is -2.24. The van der Waals surface area contributed by atoms with Crippen molar-refractivity contribution in [2.24, 2.45) is 5.92 Å². The molecule has 1 fully saturated rings. The van der Waals surface area contributed by atoms with E-state index in [1.54, 1.807) is 0 Å². The summed E-state index contributed by atoms with van der Waals surface area (Å²) >= 11 is 4.23.